The molecule has 130 valence electrons. The van der Waals surface area contributed by atoms with Gasteiger partial charge in [0.25, 0.3) is 5.91 Å². The van der Waals surface area contributed by atoms with E-state index in [0.29, 0.717) is 24.5 Å². The first kappa shape index (κ1) is 17.7. The van der Waals surface area contributed by atoms with Crippen molar-refractivity contribution in [2.24, 2.45) is 7.05 Å². The predicted octanol–water partition coefficient (Wildman–Crippen LogP) is 1.04. The molecule has 0 fully saturated rings. The Balaban J connectivity index is 1.90. The van der Waals surface area contributed by atoms with Crippen LogP contribution in [0.1, 0.15) is 27.6 Å². The molecule has 0 bridgehead atoms. The summed E-state index contributed by atoms with van der Waals surface area (Å²) < 4.78 is 1.72. The number of hydrogen-bond donors (Lipinski definition) is 2. The lowest BCUT2D eigenvalue weighted by molar-refractivity contribution is 0.0954. The van der Waals surface area contributed by atoms with Crippen molar-refractivity contribution in [2.45, 2.75) is 20.8 Å². The summed E-state index contributed by atoms with van der Waals surface area (Å²) in [5.74, 6) is 2.19. The maximum Gasteiger partial charge on any atom is 0.255 e. The quantitative estimate of drug-likeness (QED) is 0.769. The smallest absolute Gasteiger partial charge is 0.255 e. The summed E-state index contributed by atoms with van der Waals surface area (Å²) in [6.45, 7) is 6.65. The second-order valence-electron chi connectivity index (χ2n) is 5.91. The summed E-state index contributed by atoms with van der Waals surface area (Å²) in [6, 6.07) is 1.88. The number of nitrogens with zero attached hydrogens (tertiary/aromatic N) is 5. The lowest BCUT2D eigenvalue weighted by Gasteiger charge is -2.14. The van der Waals surface area contributed by atoms with Crippen LogP contribution in [0.5, 0.6) is 0 Å². The number of aromatic nitrogens is 4. The standard InChI is InChI=1S/C16H25N7O/c1-10-15(11(2)23(6)21-10)16(24)18-8-7-17-13-9-14(22(4)5)20-12(3)19-13/h9H,7-8H2,1-6H3,(H,18,24)(H,17,19,20). The maximum absolute atomic E-state index is 12.3. The Morgan fingerprint density at radius 2 is 1.92 bits per heavy atom. The Labute approximate surface area is 142 Å². The molecule has 0 radical (unpaired) electrons. The third-order valence-corrected chi connectivity index (χ3v) is 3.74. The summed E-state index contributed by atoms with van der Waals surface area (Å²) in [6.07, 6.45) is 0. The molecule has 24 heavy (non-hydrogen) atoms. The van der Waals surface area contributed by atoms with E-state index in [1.807, 2.05) is 52.9 Å². The van der Waals surface area contributed by atoms with Crippen molar-refractivity contribution in [2.75, 3.05) is 37.4 Å². The van der Waals surface area contributed by atoms with E-state index in [9.17, 15) is 4.79 Å². The molecule has 0 atom stereocenters. The van der Waals surface area contributed by atoms with Gasteiger partial charge < -0.3 is 15.5 Å². The molecular formula is C16H25N7O. The summed E-state index contributed by atoms with van der Waals surface area (Å²) in [5.41, 5.74) is 2.24. The minimum atomic E-state index is -0.104. The number of nitrogens with one attached hydrogen (secondary N) is 2. The molecule has 2 N–H and O–H groups in total. The molecule has 0 saturated heterocycles. The van der Waals surface area contributed by atoms with Crippen LogP contribution in [0.4, 0.5) is 11.6 Å². The highest BCUT2D eigenvalue weighted by Crippen LogP contribution is 2.13. The molecule has 0 saturated carbocycles. The van der Waals surface area contributed by atoms with Crippen molar-refractivity contribution in [3.63, 3.8) is 0 Å². The molecule has 2 heterocycles. The second-order valence-corrected chi connectivity index (χ2v) is 5.91. The van der Waals surface area contributed by atoms with Gasteiger partial charge in [0, 0.05) is 46.0 Å². The van der Waals surface area contributed by atoms with Crippen molar-refractivity contribution < 1.29 is 4.79 Å². The van der Waals surface area contributed by atoms with Crippen LogP contribution >= 0.6 is 0 Å². The number of carbonyl (C=O) groups excluding carboxylic acids is 1. The van der Waals surface area contributed by atoms with Gasteiger partial charge in [0.15, 0.2) is 0 Å². The predicted molar refractivity (Wildman–Crippen MR) is 94.6 cm³/mol. The molecule has 8 heteroatoms. The highest BCUT2D eigenvalue weighted by atomic mass is 16.1. The number of carbonyl (C=O) groups is 1. The highest BCUT2D eigenvalue weighted by Gasteiger charge is 2.16. The van der Waals surface area contributed by atoms with Crippen molar-refractivity contribution in [3.8, 4) is 0 Å². The van der Waals surface area contributed by atoms with Gasteiger partial charge in [0.05, 0.1) is 11.3 Å². The Kier molecular flexibility index (Phi) is 5.38. The molecule has 0 aromatic carbocycles. The van der Waals surface area contributed by atoms with Crippen LogP contribution in [0.25, 0.3) is 0 Å². The maximum atomic E-state index is 12.3. The number of aryl methyl sites for hydroxylation is 3. The lowest BCUT2D eigenvalue weighted by Crippen LogP contribution is -2.29. The molecule has 0 aliphatic rings. The number of rotatable bonds is 6. The highest BCUT2D eigenvalue weighted by molar-refractivity contribution is 5.96. The first-order valence-corrected chi connectivity index (χ1v) is 7.85. The summed E-state index contributed by atoms with van der Waals surface area (Å²) in [7, 11) is 5.70. The largest absolute Gasteiger partial charge is 0.368 e. The van der Waals surface area contributed by atoms with E-state index in [-0.39, 0.29) is 5.91 Å². The van der Waals surface area contributed by atoms with Gasteiger partial charge in [0.2, 0.25) is 0 Å². The Morgan fingerprint density at radius 1 is 1.21 bits per heavy atom. The van der Waals surface area contributed by atoms with E-state index < -0.39 is 0 Å². The zero-order valence-corrected chi connectivity index (χ0v) is 15.1. The third-order valence-electron chi connectivity index (χ3n) is 3.74. The molecule has 0 spiro atoms. The van der Waals surface area contributed by atoms with E-state index in [4.69, 9.17) is 0 Å². The van der Waals surface area contributed by atoms with Crippen LogP contribution in [-0.4, -0.2) is 52.8 Å². The Morgan fingerprint density at radius 3 is 2.50 bits per heavy atom. The Bertz CT molecular complexity index is 736. The number of amides is 1. The van der Waals surface area contributed by atoms with E-state index in [1.54, 1.807) is 4.68 Å². The first-order chi connectivity index (χ1) is 11.3. The SMILES string of the molecule is Cc1nc(NCCNC(=O)c2c(C)nn(C)c2C)cc(N(C)C)n1. The number of anilines is 2. The molecule has 1 amide bonds. The monoisotopic (exact) mass is 331 g/mol. The van der Waals surface area contributed by atoms with Crippen LogP contribution in [0, 0.1) is 20.8 Å². The summed E-state index contributed by atoms with van der Waals surface area (Å²) >= 11 is 0. The van der Waals surface area contributed by atoms with E-state index >= 15 is 0 Å². The van der Waals surface area contributed by atoms with Gasteiger partial charge in [-0.3, -0.25) is 9.48 Å². The van der Waals surface area contributed by atoms with Gasteiger partial charge in [-0.05, 0) is 20.8 Å². The molecule has 0 unspecified atom stereocenters. The minimum Gasteiger partial charge on any atom is -0.368 e. The van der Waals surface area contributed by atoms with E-state index in [0.717, 1.165) is 23.0 Å². The van der Waals surface area contributed by atoms with Gasteiger partial charge in [-0.25, -0.2) is 9.97 Å². The fourth-order valence-electron chi connectivity index (χ4n) is 2.43. The van der Waals surface area contributed by atoms with Crippen LogP contribution in [-0.2, 0) is 7.05 Å². The fraction of sp³-hybridized carbons (Fsp3) is 0.500. The van der Waals surface area contributed by atoms with Crippen molar-refractivity contribution in [3.05, 3.63) is 28.8 Å². The molecule has 0 aliphatic carbocycles. The van der Waals surface area contributed by atoms with Crippen LogP contribution in [0.15, 0.2) is 6.07 Å². The number of hydrogen-bond acceptors (Lipinski definition) is 6. The van der Waals surface area contributed by atoms with Crippen molar-refractivity contribution in [1.29, 1.82) is 0 Å². The summed E-state index contributed by atoms with van der Waals surface area (Å²) in [5, 5.41) is 10.4. The second kappa shape index (κ2) is 7.29. The minimum absolute atomic E-state index is 0.104. The molecule has 2 aromatic heterocycles. The van der Waals surface area contributed by atoms with E-state index in [1.165, 1.54) is 0 Å². The van der Waals surface area contributed by atoms with Crippen LogP contribution < -0.4 is 15.5 Å². The van der Waals surface area contributed by atoms with Crippen LogP contribution in [0.2, 0.25) is 0 Å². The van der Waals surface area contributed by atoms with Gasteiger partial charge in [0.1, 0.15) is 17.5 Å². The van der Waals surface area contributed by atoms with Crippen molar-refractivity contribution in [1.82, 2.24) is 25.1 Å². The fourth-order valence-corrected chi connectivity index (χ4v) is 2.43. The molecular weight excluding hydrogens is 306 g/mol. The molecule has 2 aromatic rings. The lowest BCUT2D eigenvalue weighted by atomic mass is 10.2. The molecule has 8 nitrogen and oxygen atoms in total. The average Bonchev–Trinajstić information content (AvgIpc) is 2.76. The zero-order valence-electron chi connectivity index (χ0n) is 15.1. The molecule has 2 rings (SSSR count). The zero-order chi connectivity index (χ0) is 17.9. The third kappa shape index (κ3) is 4.01. The Hall–Kier alpha value is -2.64. The van der Waals surface area contributed by atoms with Crippen molar-refractivity contribution >= 4 is 17.5 Å². The average molecular weight is 331 g/mol. The topological polar surface area (TPSA) is 88.0 Å². The van der Waals surface area contributed by atoms with Gasteiger partial charge in [-0.2, -0.15) is 5.10 Å². The van der Waals surface area contributed by atoms with Crippen LogP contribution in [0.3, 0.4) is 0 Å². The summed E-state index contributed by atoms with van der Waals surface area (Å²) in [4.78, 5) is 22.9. The molecule has 0 aliphatic heterocycles. The van der Waals surface area contributed by atoms with Gasteiger partial charge in [-0.1, -0.05) is 0 Å². The van der Waals surface area contributed by atoms with Gasteiger partial charge in [-0.15, -0.1) is 0 Å². The first-order valence-electron chi connectivity index (χ1n) is 7.85. The normalized spacial score (nSPS) is 10.6. The van der Waals surface area contributed by atoms with E-state index in [2.05, 4.69) is 25.7 Å². The van der Waals surface area contributed by atoms with Gasteiger partial charge >= 0.3 is 0 Å².